The van der Waals surface area contributed by atoms with Crippen molar-refractivity contribution in [1.29, 1.82) is 0 Å². The molecule has 0 spiro atoms. The highest BCUT2D eigenvalue weighted by Gasteiger charge is 2.15. The average Bonchev–Trinajstić information content (AvgIpc) is 2.61. The van der Waals surface area contributed by atoms with Crippen LogP contribution in [0.25, 0.3) is 0 Å². The number of hydrogen-bond acceptors (Lipinski definition) is 4. The van der Waals surface area contributed by atoms with Gasteiger partial charge in [-0.2, -0.15) is 5.10 Å². The summed E-state index contributed by atoms with van der Waals surface area (Å²) in [6.45, 7) is 6.04. The Hall–Kier alpha value is -3.15. The molecular weight excluding hydrogens is 318 g/mol. The molecule has 0 saturated heterocycles. The van der Waals surface area contributed by atoms with E-state index in [0.717, 1.165) is 11.1 Å². The Kier molecular flexibility index (Phi) is 6.28. The molecule has 0 fully saturated rings. The lowest BCUT2D eigenvalue weighted by Gasteiger charge is -2.10. The summed E-state index contributed by atoms with van der Waals surface area (Å²) in [6, 6.07) is 14.6. The van der Waals surface area contributed by atoms with Gasteiger partial charge in [-0.25, -0.2) is 5.43 Å². The number of hydrogen-bond donors (Lipinski definition) is 2. The summed E-state index contributed by atoms with van der Waals surface area (Å²) >= 11 is 0. The van der Waals surface area contributed by atoms with Gasteiger partial charge in [0.1, 0.15) is 5.75 Å². The maximum atomic E-state index is 12.0. The number of carbonyl (C=O) groups is 2. The lowest BCUT2D eigenvalue weighted by Crippen LogP contribution is -2.33. The number of benzene rings is 2. The first-order valence-electron chi connectivity index (χ1n) is 7.95. The quantitative estimate of drug-likeness (QED) is 0.499. The van der Waals surface area contributed by atoms with E-state index >= 15 is 0 Å². The Labute approximate surface area is 146 Å². The predicted octanol–water partition coefficient (Wildman–Crippen LogP) is 2.87. The molecule has 0 bridgehead atoms. The zero-order valence-corrected chi connectivity index (χ0v) is 14.5. The molecule has 6 nitrogen and oxygen atoms in total. The molecule has 0 aromatic heterocycles. The fourth-order valence-corrected chi connectivity index (χ4v) is 2.08. The van der Waals surface area contributed by atoms with Crippen LogP contribution in [-0.4, -0.2) is 24.1 Å². The zero-order valence-electron chi connectivity index (χ0n) is 14.5. The number of rotatable bonds is 5. The number of carbonyl (C=O) groups excluding carboxylic acids is 2. The maximum Gasteiger partial charge on any atom is 0.329 e. The predicted molar refractivity (Wildman–Crippen MR) is 97.8 cm³/mol. The molecule has 0 saturated carbocycles. The van der Waals surface area contributed by atoms with Gasteiger partial charge in [-0.15, -0.1) is 0 Å². The number of hydrazone groups is 1. The normalized spacial score (nSPS) is 10.9. The number of para-hydroxylation sites is 2. The average molecular weight is 339 g/mol. The lowest BCUT2D eigenvalue weighted by molar-refractivity contribution is -0.136. The van der Waals surface area contributed by atoms with Crippen molar-refractivity contribution in [2.75, 3.05) is 11.9 Å². The Morgan fingerprint density at radius 2 is 1.72 bits per heavy atom. The number of amides is 2. The summed E-state index contributed by atoms with van der Waals surface area (Å²) in [6.07, 6.45) is 0. The van der Waals surface area contributed by atoms with Crippen molar-refractivity contribution in [3.63, 3.8) is 0 Å². The Morgan fingerprint density at radius 1 is 1.04 bits per heavy atom. The van der Waals surface area contributed by atoms with Crippen molar-refractivity contribution in [2.45, 2.75) is 20.8 Å². The van der Waals surface area contributed by atoms with Crippen LogP contribution in [0.1, 0.15) is 25.0 Å². The molecule has 0 aliphatic carbocycles. The third kappa shape index (κ3) is 5.17. The minimum Gasteiger partial charge on any atom is -0.492 e. The fourth-order valence-electron chi connectivity index (χ4n) is 2.08. The standard InChI is InChI=1S/C19H21N3O3/c1-4-25-17-8-6-5-7-16(17)20-18(23)19(24)22-21-14(3)15-11-9-13(2)10-12-15/h5-12H,4H2,1-3H3,(H,20,23)(H,22,24)/b21-14+. The van der Waals surface area contributed by atoms with Crippen LogP contribution in [-0.2, 0) is 9.59 Å². The summed E-state index contributed by atoms with van der Waals surface area (Å²) in [5, 5.41) is 6.49. The number of ether oxygens (including phenoxy) is 1. The van der Waals surface area contributed by atoms with Gasteiger partial charge in [-0.05, 0) is 38.5 Å². The second-order valence-corrected chi connectivity index (χ2v) is 5.39. The van der Waals surface area contributed by atoms with Crippen LogP contribution >= 0.6 is 0 Å². The van der Waals surface area contributed by atoms with Crippen molar-refractivity contribution < 1.29 is 14.3 Å². The molecule has 2 rings (SSSR count). The molecule has 0 radical (unpaired) electrons. The van der Waals surface area contributed by atoms with Crippen molar-refractivity contribution >= 4 is 23.2 Å². The van der Waals surface area contributed by atoms with E-state index in [2.05, 4.69) is 15.8 Å². The van der Waals surface area contributed by atoms with Crippen LogP contribution in [0.2, 0.25) is 0 Å². The summed E-state index contributed by atoms with van der Waals surface area (Å²) in [5.41, 5.74) is 5.31. The van der Waals surface area contributed by atoms with E-state index in [1.807, 2.05) is 38.1 Å². The molecule has 6 heteroatoms. The molecule has 130 valence electrons. The first kappa shape index (κ1) is 18.2. The fraction of sp³-hybridized carbons (Fsp3) is 0.211. The van der Waals surface area contributed by atoms with Gasteiger partial charge in [0.2, 0.25) is 0 Å². The van der Waals surface area contributed by atoms with E-state index in [1.165, 1.54) is 0 Å². The second kappa shape index (κ2) is 8.63. The molecule has 0 aliphatic heterocycles. The number of aryl methyl sites for hydroxylation is 1. The molecule has 0 atom stereocenters. The summed E-state index contributed by atoms with van der Waals surface area (Å²) in [7, 11) is 0. The topological polar surface area (TPSA) is 79.8 Å². The largest absolute Gasteiger partial charge is 0.492 e. The van der Waals surface area contributed by atoms with Crippen molar-refractivity contribution in [2.24, 2.45) is 5.10 Å². The van der Waals surface area contributed by atoms with Gasteiger partial charge < -0.3 is 10.1 Å². The highest BCUT2D eigenvalue weighted by Crippen LogP contribution is 2.23. The van der Waals surface area contributed by atoms with Gasteiger partial charge in [-0.1, -0.05) is 42.0 Å². The summed E-state index contributed by atoms with van der Waals surface area (Å²) < 4.78 is 5.41. The minimum atomic E-state index is -0.849. The van der Waals surface area contributed by atoms with Crippen LogP contribution in [0.3, 0.4) is 0 Å². The molecular formula is C19H21N3O3. The van der Waals surface area contributed by atoms with E-state index < -0.39 is 11.8 Å². The Morgan fingerprint density at radius 3 is 2.40 bits per heavy atom. The molecule has 2 amide bonds. The Balaban J connectivity index is 2.00. The summed E-state index contributed by atoms with van der Waals surface area (Å²) in [4.78, 5) is 24.0. The molecule has 0 heterocycles. The van der Waals surface area contributed by atoms with Gasteiger partial charge in [0, 0.05) is 0 Å². The Bertz CT molecular complexity index is 783. The summed E-state index contributed by atoms with van der Waals surface area (Å²) in [5.74, 6) is -1.16. The molecule has 0 unspecified atom stereocenters. The third-order valence-electron chi connectivity index (χ3n) is 3.44. The van der Waals surface area contributed by atoms with Crippen LogP contribution in [0.15, 0.2) is 53.6 Å². The van der Waals surface area contributed by atoms with Gasteiger partial charge in [0.05, 0.1) is 18.0 Å². The van der Waals surface area contributed by atoms with E-state index in [0.29, 0.717) is 23.8 Å². The SMILES string of the molecule is CCOc1ccccc1NC(=O)C(=O)N/N=C(\C)c1ccc(C)cc1. The highest BCUT2D eigenvalue weighted by molar-refractivity contribution is 6.39. The van der Waals surface area contributed by atoms with Crippen molar-refractivity contribution in [3.05, 3.63) is 59.7 Å². The molecule has 2 aromatic rings. The first-order chi connectivity index (χ1) is 12.0. The molecule has 2 N–H and O–H groups in total. The van der Waals surface area contributed by atoms with Crippen LogP contribution in [0, 0.1) is 6.92 Å². The van der Waals surface area contributed by atoms with Crippen LogP contribution < -0.4 is 15.5 Å². The third-order valence-corrected chi connectivity index (χ3v) is 3.44. The monoisotopic (exact) mass is 339 g/mol. The zero-order chi connectivity index (χ0) is 18.2. The van der Waals surface area contributed by atoms with Gasteiger partial charge >= 0.3 is 11.8 Å². The second-order valence-electron chi connectivity index (χ2n) is 5.39. The number of anilines is 1. The van der Waals surface area contributed by atoms with Gasteiger partial charge in [0.15, 0.2) is 0 Å². The van der Waals surface area contributed by atoms with Gasteiger partial charge in [-0.3, -0.25) is 9.59 Å². The maximum absolute atomic E-state index is 12.0. The smallest absolute Gasteiger partial charge is 0.329 e. The van der Waals surface area contributed by atoms with Crippen molar-refractivity contribution in [1.82, 2.24) is 5.43 Å². The van der Waals surface area contributed by atoms with E-state index in [-0.39, 0.29) is 0 Å². The minimum absolute atomic E-state index is 0.434. The highest BCUT2D eigenvalue weighted by atomic mass is 16.5. The lowest BCUT2D eigenvalue weighted by atomic mass is 10.1. The number of nitrogens with one attached hydrogen (secondary N) is 2. The van der Waals surface area contributed by atoms with E-state index in [4.69, 9.17) is 4.74 Å². The molecule has 0 aliphatic rings. The van der Waals surface area contributed by atoms with E-state index in [9.17, 15) is 9.59 Å². The van der Waals surface area contributed by atoms with E-state index in [1.54, 1.807) is 31.2 Å². The molecule has 25 heavy (non-hydrogen) atoms. The van der Waals surface area contributed by atoms with Crippen molar-refractivity contribution in [3.8, 4) is 5.75 Å². The first-order valence-corrected chi connectivity index (χ1v) is 7.95. The molecule has 2 aromatic carbocycles. The number of nitrogens with zero attached hydrogens (tertiary/aromatic N) is 1. The van der Waals surface area contributed by atoms with Crippen LogP contribution in [0.5, 0.6) is 5.75 Å². The van der Waals surface area contributed by atoms with Crippen LogP contribution in [0.4, 0.5) is 5.69 Å². The van der Waals surface area contributed by atoms with Gasteiger partial charge in [0.25, 0.3) is 0 Å².